The molecule has 0 radical (unpaired) electrons. The highest BCUT2D eigenvalue weighted by Gasteiger charge is 2.47. The van der Waals surface area contributed by atoms with Crippen LogP contribution in [0.15, 0.2) is 167 Å². The van der Waals surface area contributed by atoms with Crippen LogP contribution in [0.3, 0.4) is 0 Å². The number of nitrogens with zero attached hydrogens (tertiary/aromatic N) is 3. The molecule has 1 unspecified atom stereocenters. The highest BCUT2D eigenvalue weighted by molar-refractivity contribution is 6.25. The first-order valence-electron chi connectivity index (χ1n) is 19.0. The number of fused-ring (bicyclic) bond motifs is 14. The molecule has 0 saturated carbocycles. The van der Waals surface area contributed by atoms with Gasteiger partial charge in [0.1, 0.15) is 28.2 Å². The number of halogens is 3. The lowest BCUT2D eigenvalue weighted by atomic mass is 9.88. The fourth-order valence-corrected chi connectivity index (χ4v) is 9.13. The first-order valence-corrected chi connectivity index (χ1v) is 19.0. The van der Waals surface area contributed by atoms with E-state index >= 15 is 13.2 Å². The monoisotopic (exact) mass is 761 g/mol. The molecule has 5 nitrogen and oxygen atoms in total. The van der Waals surface area contributed by atoms with Gasteiger partial charge in [-0.1, -0.05) is 91.0 Å². The third kappa shape index (κ3) is 4.71. The molecule has 1 atom stereocenters. The molecule has 4 heterocycles. The predicted octanol–water partition coefficient (Wildman–Crippen LogP) is 14.3. The van der Waals surface area contributed by atoms with E-state index in [-0.39, 0.29) is 22.5 Å². The zero-order chi connectivity index (χ0) is 39.3. The van der Waals surface area contributed by atoms with Gasteiger partial charge in [0, 0.05) is 43.6 Å². The number of allylic oxidation sites excluding steroid dienone is 4. The molecule has 0 spiro atoms. The second kappa shape index (κ2) is 12.5. The van der Waals surface area contributed by atoms with Crippen LogP contribution in [0.1, 0.15) is 24.0 Å². The molecule has 0 amide bonds. The Morgan fingerprint density at radius 1 is 0.603 bits per heavy atom. The number of aromatic nitrogens is 2. The third-order valence-corrected chi connectivity index (χ3v) is 11.4. The van der Waals surface area contributed by atoms with Gasteiger partial charge in [-0.2, -0.15) is 18.4 Å². The second-order valence-corrected chi connectivity index (χ2v) is 14.5. The smallest absolute Gasteiger partial charge is 0.401 e. The van der Waals surface area contributed by atoms with Gasteiger partial charge in [-0.25, -0.2) is 0 Å². The van der Waals surface area contributed by atoms with Gasteiger partial charge >= 0.3 is 6.18 Å². The maximum Gasteiger partial charge on any atom is 0.401 e. The summed E-state index contributed by atoms with van der Waals surface area (Å²) in [5, 5.41) is 17.4. The summed E-state index contributed by atoms with van der Waals surface area (Å²) >= 11 is 0. The first-order chi connectivity index (χ1) is 28.4. The number of hydrogen-bond donors (Lipinski definition) is 0. The molecule has 0 bridgehead atoms. The van der Waals surface area contributed by atoms with E-state index in [2.05, 4.69) is 6.07 Å². The predicted molar refractivity (Wildman–Crippen MR) is 227 cm³/mol. The van der Waals surface area contributed by atoms with Crippen LogP contribution in [0.4, 0.5) is 13.2 Å². The highest BCUT2D eigenvalue weighted by atomic mass is 19.4. The van der Waals surface area contributed by atoms with E-state index in [1.54, 1.807) is 35.8 Å². The Bertz CT molecular complexity index is 3600. The molecule has 8 heteroatoms. The van der Waals surface area contributed by atoms with Crippen molar-refractivity contribution in [1.29, 1.82) is 5.26 Å². The summed E-state index contributed by atoms with van der Waals surface area (Å²) in [6.07, 6.45) is -0.00108. The molecule has 0 fully saturated rings. The van der Waals surface area contributed by atoms with E-state index in [0.717, 1.165) is 43.3 Å². The molecular formula is C50H30F3N3O2. The number of benzene rings is 7. The fourth-order valence-electron chi connectivity index (χ4n) is 9.13. The van der Waals surface area contributed by atoms with Crippen LogP contribution in [-0.4, -0.2) is 15.3 Å². The molecule has 0 aliphatic heterocycles. The van der Waals surface area contributed by atoms with Crippen LogP contribution >= 0.6 is 0 Å². The van der Waals surface area contributed by atoms with Crippen molar-refractivity contribution in [3.8, 4) is 11.8 Å². The van der Waals surface area contributed by atoms with Crippen LogP contribution in [0.25, 0.3) is 98.9 Å². The van der Waals surface area contributed by atoms with Crippen molar-refractivity contribution >= 4 is 93.2 Å². The normalized spacial score (nSPS) is 13.5. The second-order valence-electron chi connectivity index (χ2n) is 14.5. The molecule has 0 aliphatic rings. The van der Waals surface area contributed by atoms with Crippen LogP contribution < -0.4 is 0 Å². The van der Waals surface area contributed by atoms with E-state index in [9.17, 15) is 5.26 Å². The number of furan rings is 2. The molecule has 0 saturated heterocycles. The van der Waals surface area contributed by atoms with Gasteiger partial charge in [-0.15, -0.1) is 0 Å². The maximum atomic E-state index is 16.5. The van der Waals surface area contributed by atoms with Crippen molar-refractivity contribution in [3.05, 3.63) is 169 Å². The molecule has 0 N–H and O–H groups in total. The topological polar surface area (TPSA) is 59.9 Å². The Hall–Kier alpha value is -7.50. The van der Waals surface area contributed by atoms with Crippen molar-refractivity contribution in [1.82, 2.24) is 9.13 Å². The summed E-state index contributed by atoms with van der Waals surface area (Å²) in [5.74, 6) is -2.26. The molecule has 4 aromatic heterocycles. The molecule has 7 aromatic carbocycles. The summed E-state index contributed by atoms with van der Waals surface area (Å²) in [4.78, 5) is 0. The Labute approximate surface area is 328 Å². The fraction of sp³-hybridized carbons (Fsp3) is 0.0600. The van der Waals surface area contributed by atoms with E-state index in [4.69, 9.17) is 8.83 Å². The largest absolute Gasteiger partial charge is 0.455 e. The van der Waals surface area contributed by atoms with Gasteiger partial charge in [0.2, 0.25) is 0 Å². The van der Waals surface area contributed by atoms with E-state index in [1.807, 2.05) is 126 Å². The lowest BCUT2D eigenvalue weighted by molar-refractivity contribution is -0.138. The molecule has 11 aromatic rings. The minimum Gasteiger partial charge on any atom is -0.455 e. The highest BCUT2D eigenvalue weighted by Crippen LogP contribution is 2.51. The third-order valence-electron chi connectivity index (χ3n) is 11.4. The van der Waals surface area contributed by atoms with Gasteiger partial charge in [0.05, 0.1) is 50.2 Å². The lowest BCUT2D eigenvalue weighted by Crippen LogP contribution is -2.27. The average molecular weight is 762 g/mol. The quantitative estimate of drug-likeness (QED) is 0.164. The molecule has 278 valence electrons. The molecule has 0 aliphatic carbocycles. The summed E-state index contributed by atoms with van der Waals surface area (Å²) in [6.45, 7) is 1.77. The van der Waals surface area contributed by atoms with Gasteiger partial charge in [0.15, 0.2) is 0 Å². The zero-order valence-corrected chi connectivity index (χ0v) is 30.9. The minimum atomic E-state index is -4.86. The standard InChI is InChI=1S/C50H30F3N3O2/c1-2-3-18-41(56-37-20-9-5-17-35(37)46-40(56)27-25-33-31-15-7-11-23-43(31)58-49(33)46)47(50(51,52)53)44-29(28-54)13-12-21-38(44)55-36-19-8-4-16-34(36)45-39(55)26-24-32-30-14-6-10-22-42(30)57-48(32)45/h2-27,47H,1H3/b3-2-,41-18+. The zero-order valence-electron chi connectivity index (χ0n) is 30.9. The average Bonchev–Trinajstić information content (AvgIpc) is 3.99. The lowest BCUT2D eigenvalue weighted by Gasteiger charge is -2.29. The van der Waals surface area contributed by atoms with E-state index < -0.39 is 12.1 Å². The van der Waals surface area contributed by atoms with Gasteiger partial charge in [-0.3, -0.25) is 0 Å². The van der Waals surface area contributed by atoms with Crippen LogP contribution in [0, 0.1) is 11.3 Å². The van der Waals surface area contributed by atoms with E-state index in [1.165, 1.54) is 12.1 Å². The molecule has 11 rings (SSSR count). The Morgan fingerprint density at radius 2 is 1.16 bits per heavy atom. The maximum absolute atomic E-state index is 16.5. The molecular weight excluding hydrogens is 732 g/mol. The Kier molecular flexibility index (Phi) is 7.29. The van der Waals surface area contributed by atoms with Crippen LogP contribution in [0.2, 0.25) is 0 Å². The van der Waals surface area contributed by atoms with Gasteiger partial charge in [-0.05, 0) is 73.7 Å². The Balaban J connectivity index is 1.25. The SMILES string of the molecule is C/C=C\C=C(/C(c1c(C#N)cccc1-n1c2ccccc2c2c3oc4ccccc4c3ccc21)C(F)(F)F)n1c2ccccc2c2c3oc4ccccc4c3ccc21. The van der Waals surface area contributed by atoms with Crippen molar-refractivity contribution in [2.24, 2.45) is 0 Å². The summed E-state index contributed by atoms with van der Waals surface area (Å²) in [5.41, 5.74) is 5.09. The van der Waals surface area contributed by atoms with Crippen molar-refractivity contribution in [2.45, 2.75) is 19.0 Å². The molecule has 58 heavy (non-hydrogen) atoms. The van der Waals surface area contributed by atoms with Crippen LogP contribution in [0.5, 0.6) is 0 Å². The van der Waals surface area contributed by atoms with Gasteiger partial charge in [0.25, 0.3) is 0 Å². The van der Waals surface area contributed by atoms with Crippen LogP contribution in [-0.2, 0) is 0 Å². The summed E-state index contributed by atoms with van der Waals surface area (Å²) in [7, 11) is 0. The van der Waals surface area contributed by atoms with Crippen molar-refractivity contribution in [3.63, 3.8) is 0 Å². The number of nitriles is 1. The van der Waals surface area contributed by atoms with E-state index in [0.29, 0.717) is 44.2 Å². The summed E-state index contributed by atoms with van der Waals surface area (Å²) < 4.78 is 66.1. The number of rotatable bonds is 5. The minimum absolute atomic E-state index is 0.0587. The van der Waals surface area contributed by atoms with Gasteiger partial charge < -0.3 is 18.0 Å². The number of para-hydroxylation sites is 4. The summed E-state index contributed by atoms with van der Waals surface area (Å²) in [6, 6.07) is 45.3. The van der Waals surface area contributed by atoms with Crippen molar-refractivity contribution < 1.29 is 22.0 Å². The van der Waals surface area contributed by atoms with Crippen molar-refractivity contribution in [2.75, 3.05) is 0 Å². The number of hydrogen-bond acceptors (Lipinski definition) is 3. The Morgan fingerprint density at radius 3 is 1.78 bits per heavy atom. The number of alkyl halides is 3. The first kappa shape index (κ1) is 33.8.